The summed E-state index contributed by atoms with van der Waals surface area (Å²) in [5.74, 6) is 0. The number of rotatable bonds is 8. The lowest BCUT2D eigenvalue weighted by atomic mass is 10.0. The Labute approximate surface area is 167 Å². The fraction of sp³-hybridized carbons (Fsp3) is 0.619. The highest BCUT2D eigenvalue weighted by Gasteiger charge is 2.21. The Morgan fingerprint density at radius 3 is 2.93 bits per heavy atom. The van der Waals surface area contributed by atoms with E-state index in [0.717, 1.165) is 30.6 Å². The predicted molar refractivity (Wildman–Crippen MR) is 109 cm³/mol. The Morgan fingerprint density at radius 1 is 1.25 bits per heavy atom. The first-order chi connectivity index (χ1) is 13.6. The van der Waals surface area contributed by atoms with Gasteiger partial charge >= 0.3 is 12.1 Å². The number of urea groups is 1. The van der Waals surface area contributed by atoms with Gasteiger partial charge in [0.15, 0.2) is 0 Å². The van der Waals surface area contributed by atoms with Crippen molar-refractivity contribution in [2.24, 2.45) is 0 Å². The molecule has 7 heteroatoms. The van der Waals surface area contributed by atoms with Crippen LogP contribution < -0.4 is 10.6 Å². The maximum absolute atomic E-state index is 12.1. The van der Waals surface area contributed by atoms with Gasteiger partial charge in [-0.05, 0) is 63.4 Å². The smallest absolute Gasteiger partial charge is 0.410 e. The van der Waals surface area contributed by atoms with E-state index in [0.29, 0.717) is 32.3 Å². The number of hydrogen-bond donors (Lipinski definition) is 2. The number of carbonyl (C=O) groups excluding carboxylic acids is 2. The predicted octanol–water partition coefficient (Wildman–Crippen LogP) is 3.41. The molecule has 0 saturated carbocycles. The molecule has 0 spiro atoms. The molecular formula is C21H32N4O3. The average molecular weight is 389 g/mol. The third kappa shape index (κ3) is 6.12. The molecule has 0 aliphatic carbocycles. The summed E-state index contributed by atoms with van der Waals surface area (Å²) in [7, 11) is 0. The monoisotopic (exact) mass is 388 g/mol. The third-order valence-electron chi connectivity index (χ3n) is 5.50. The van der Waals surface area contributed by atoms with E-state index in [4.69, 9.17) is 4.74 Å². The highest BCUT2D eigenvalue weighted by Crippen LogP contribution is 2.17. The SMILES string of the molecule is C[C@@H]1CCCCN1CCCCNC(=O)Nc1cccc(CN2CCOC2=O)c1. The van der Waals surface area contributed by atoms with Crippen LogP contribution >= 0.6 is 0 Å². The maximum Gasteiger partial charge on any atom is 0.410 e. The molecule has 2 heterocycles. The molecular weight excluding hydrogens is 356 g/mol. The van der Waals surface area contributed by atoms with Crippen molar-refractivity contribution in [1.82, 2.24) is 15.1 Å². The zero-order chi connectivity index (χ0) is 19.8. The largest absolute Gasteiger partial charge is 0.448 e. The van der Waals surface area contributed by atoms with Gasteiger partial charge in [-0.15, -0.1) is 0 Å². The Balaban J connectivity index is 1.34. The van der Waals surface area contributed by atoms with Crippen molar-refractivity contribution in [3.8, 4) is 0 Å². The van der Waals surface area contributed by atoms with Gasteiger partial charge < -0.3 is 25.2 Å². The number of amides is 3. The van der Waals surface area contributed by atoms with Crippen molar-refractivity contribution >= 4 is 17.8 Å². The van der Waals surface area contributed by atoms with Gasteiger partial charge in [0.25, 0.3) is 0 Å². The number of piperidine rings is 1. The van der Waals surface area contributed by atoms with Crippen LogP contribution in [0.5, 0.6) is 0 Å². The number of anilines is 1. The topological polar surface area (TPSA) is 73.9 Å². The second-order valence-corrected chi connectivity index (χ2v) is 7.71. The summed E-state index contributed by atoms with van der Waals surface area (Å²) >= 11 is 0. The van der Waals surface area contributed by atoms with E-state index < -0.39 is 0 Å². The van der Waals surface area contributed by atoms with Gasteiger partial charge in [0.1, 0.15) is 6.61 Å². The molecule has 2 aliphatic heterocycles. The Kier molecular flexibility index (Phi) is 7.54. The number of ether oxygens (including phenoxy) is 1. The van der Waals surface area contributed by atoms with Gasteiger partial charge in [-0.3, -0.25) is 0 Å². The van der Waals surface area contributed by atoms with Crippen LogP contribution in [-0.4, -0.2) is 60.8 Å². The fourth-order valence-corrected chi connectivity index (χ4v) is 3.84. The van der Waals surface area contributed by atoms with Crippen LogP contribution in [0.2, 0.25) is 0 Å². The summed E-state index contributed by atoms with van der Waals surface area (Å²) < 4.78 is 4.95. The summed E-state index contributed by atoms with van der Waals surface area (Å²) in [4.78, 5) is 27.9. The molecule has 1 aromatic carbocycles. The van der Waals surface area contributed by atoms with Gasteiger partial charge in [-0.2, -0.15) is 0 Å². The van der Waals surface area contributed by atoms with Gasteiger partial charge in [0.05, 0.1) is 6.54 Å². The highest BCUT2D eigenvalue weighted by atomic mass is 16.6. The van der Waals surface area contributed by atoms with E-state index in [9.17, 15) is 9.59 Å². The van der Waals surface area contributed by atoms with Gasteiger partial charge in [0.2, 0.25) is 0 Å². The fourth-order valence-electron chi connectivity index (χ4n) is 3.84. The zero-order valence-corrected chi connectivity index (χ0v) is 16.8. The van der Waals surface area contributed by atoms with E-state index in [1.807, 2.05) is 24.3 Å². The Bertz CT molecular complexity index is 667. The quantitative estimate of drug-likeness (QED) is 0.669. The molecule has 0 unspecified atom stereocenters. The average Bonchev–Trinajstić information content (AvgIpc) is 3.08. The lowest BCUT2D eigenvalue weighted by Crippen LogP contribution is -2.38. The molecule has 3 amide bonds. The maximum atomic E-state index is 12.1. The second-order valence-electron chi connectivity index (χ2n) is 7.71. The molecule has 2 fully saturated rings. The molecule has 7 nitrogen and oxygen atoms in total. The normalized spacial score (nSPS) is 20.1. The lowest BCUT2D eigenvalue weighted by molar-refractivity contribution is 0.157. The molecule has 2 aliphatic rings. The molecule has 0 radical (unpaired) electrons. The standard InChI is InChI=1S/C21H32N4O3/c1-17-7-2-4-11-24(17)12-5-3-10-22-20(26)23-19-9-6-8-18(15-19)16-25-13-14-28-21(25)27/h6,8-9,15,17H,2-5,7,10-14,16H2,1H3,(H2,22,23,26)/t17-/m1/s1. The van der Waals surface area contributed by atoms with Crippen LogP contribution in [-0.2, 0) is 11.3 Å². The summed E-state index contributed by atoms with van der Waals surface area (Å²) in [6.07, 6.45) is 5.76. The molecule has 28 heavy (non-hydrogen) atoms. The number of benzene rings is 1. The Morgan fingerprint density at radius 2 is 2.14 bits per heavy atom. The molecule has 0 aromatic heterocycles. The van der Waals surface area contributed by atoms with Crippen LogP contribution in [0.4, 0.5) is 15.3 Å². The molecule has 1 atom stereocenters. The van der Waals surface area contributed by atoms with E-state index in [1.165, 1.54) is 25.8 Å². The third-order valence-corrected chi connectivity index (χ3v) is 5.50. The van der Waals surface area contributed by atoms with Crippen molar-refractivity contribution < 1.29 is 14.3 Å². The highest BCUT2D eigenvalue weighted by molar-refractivity contribution is 5.89. The van der Waals surface area contributed by atoms with Gasteiger partial charge in [-0.25, -0.2) is 9.59 Å². The summed E-state index contributed by atoms with van der Waals surface area (Å²) in [6, 6.07) is 8.07. The van der Waals surface area contributed by atoms with Crippen LogP contribution in [0, 0.1) is 0 Å². The van der Waals surface area contributed by atoms with Crippen LogP contribution in [0.15, 0.2) is 24.3 Å². The van der Waals surface area contributed by atoms with Crippen LogP contribution in [0.1, 0.15) is 44.6 Å². The summed E-state index contributed by atoms with van der Waals surface area (Å²) in [5.41, 5.74) is 1.69. The van der Waals surface area contributed by atoms with Crippen molar-refractivity contribution in [3.05, 3.63) is 29.8 Å². The van der Waals surface area contributed by atoms with Crippen LogP contribution in [0.3, 0.4) is 0 Å². The molecule has 0 bridgehead atoms. The number of unbranched alkanes of at least 4 members (excludes halogenated alkanes) is 1. The number of carbonyl (C=O) groups is 2. The molecule has 2 N–H and O–H groups in total. The number of hydrogen-bond acceptors (Lipinski definition) is 4. The Hall–Kier alpha value is -2.28. The first kappa shape index (κ1) is 20.5. The molecule has 1 aromatic rings. The number of nitrogens with one attached hydrogen (secondary N) is 2. The minimum absolute atomic E-state index is 0.191. The first-order valence-corrected chi connectivity index (χ1v) is 10.4. The van der Waals surface area contributed by atoms with E-state index >= 15 is 0 Å². The van der Waals surface area contributed by atoms with Crippen molar-refractivity contribution in [3.63, 3.8) is 0 Å². The van der Waals surface area contributed by atoms with Crippen molar-refractivity contribution in [2.75, 3.05) is 38.1 Å². The number of likely N-dealkylation sites (tertiary alicyclic amines) is 1. The number of nitrogens with zero attached hydrogens (tertiary/aromatic N) is 2. The molecule has 3 rings (SSSR count). The van der Waals surface area contributed by atoms with Crippen molar-refractivity contribution in [1.29, 1.82) is 0 Å². The van der Waals surface area contributed by atoms with Gasteiger partial charge in [0, 0.05) is 24.8 Å². The molecule has 154 valence electrons. The van der Waals surface area contributed by atoms with Crippen molar-refractivity contribution in [2.45, 2.75) is 51.6 Å². The van der Waals surface area contributed by atoms with E-state index in [-0.39, 0.29) is 12.1 Å². The number of cyclic esters (lactones) is 1. The van der Waals surface area contributed by atoms with Crippen LogP contribution in [0.25, 0.3) is 0 Å². The molecule has 2 saturated heterocycles. The summed E-state index contributed by atoms with van der Waals surface area (Å²) in [6.45, 7) is 6.85. The zero-order valence-electron chi connectivity index (χ0n) is 16.8. The van der Waals surface area contributed by atoms with E-state index in [1.54, 1.807) is 4.90 Å². The first-order valence-electron chi connectivity index (χ1n) is 10.4. The minimum atomic E-state index is -0.282. The van der Waals surface area contributed by atoms with E-state index in [2.05, 4.69) is 22.5 Å². The lowest BCUT2D eigenvalue weighted by Gasteiger charge is -2.33. The summed E-state index contributed by atoms with van der Waals surface area (Å²) in [5, 5.41) is 5.80. The van der Waals surface area contributed by atoms with Gasteiger partial charge in [-0.1, -0.05) is 18.6 Å². The second kappa shape index (κ2) is 10.3. The minimum Gasteiger partial charge on any atom is -0.448 e.